The van der Waals surface area contributed by atoms with Gasteiger partial charge in [0.25, 0.3) is 0 Å². The van der Waals surface area contributed by atoms with Crippen LogP contribution in [-0.4, -0.2) is 5.71 Å². The van der Waals surface area contributed by atoms with Crippen molar-refractivity contribution in [3.63, 3.8) is 0 Å². The van der Waals surface area contributed by atoms with Crippen LogP contribution < -0.4 is 0 Å². The second-order valence-electron chi connectivity index (χ2n) is 4.80. The first kappa shape index (κ1) is 11.2. The molecule has 0 radical (unpaired) electrons. The Kier molecular flexibility index (Phi) is 3.60. The summed E-state index contributed by atoms with van der Waals surface area (Å²) in [6.45, 7) is 4.43. The van der Waals surface area contributed by atoms with E-state index in [2.05, 4.69) is 31.1 Å². The van der Waals surface area contributed by atoms with Gasteiger partial charge in [-0.05, 0) is 30.7 Å². The van der Waals surface area contributed by atoms with Gasteiger partial charge in [0.2, 0.25) is 0 Å². The van der Waals surface area contributed by atoms with Crippen LogP contribution in [0.4, 0.5) is 0 Å². The Hall–Kier alpha value is -1.31. The Morgan fingerprint density at radius 2 is 2.06 bits per heavy atom. The topological polar surface area (TPSA) is 21.6 Å². The summed E-state index contributed by atoms with van der Waals surface area (Å²) < 4.78 is 0. The average Bonchev–Trinajstić information content (AvgIpc) is 2.30. The summed E-state index contributed by atoms with van der Waals surface area (Å²) in [4.78, 5) is 5.57. The molecule has 1 unspecified atom stereocenters. The number of oxime groups is 1. The molecule has 0 bridgehead atoms. The van der Waals surface area contributed by atoms with Crippen LogP contribution >= 0.6 is 0 Å². The number of hydrogen-bond acceptors (Lipinski definition) is 2. The Bertz CT molecular complexity index is 356. The van der Waals surface area contributed by atoms with E-state index in [1.54, 1.807) is 0 Å². The van der Waals surface area contributed by atoms with Crippen molar-refractivity contribution >= 4 is 5.71 Å². The van der Waals surface area contributed by atoms with Crippen molar-refractivity contribution in [2.75, 3.05) is 0 Å². The van der Waals surface area contributed by atoms with Gasteiger partial charge in [0.05, 0.1) is 5.71 Å². The van der Waals surface area contributed by atoms with Gasteiger partial charge in [0, 0.05) is 0 Å². The van der Waals surface area contributed by atoms with Gasteiger partial charge in [0.1, 0.15) is 0 Å². The highest BCUT2D eigenvalue weighted by molar-refractivity contribution is 5.84. The lowest BCUT2D eigenvalue weighted by atomic mass is 9.98. The normalized spacial score (nSPS) is 20.4. The fourth-order valence-corrected chi connectivity index (χ4v) is 2.04. The predicted molar refractivity (Wildman–Crippen MR) is 66.4 cm³/mol. The maximum absolute atomic E-state index is 5.57. The molecule has 1 aliphatic heterocycles. The molecule has 1 aromatic carbocycles. The summed E-state index contributed by atoms with van der Waals surface area (Å²) >= 11 is 0. The smallest absolute Gasteiger partial charge is 0.152 e. The molecule has 2 heteroatoms. The molecule has 1 aromatic rings. The minimum absolute atomic E-state index is 0.150. The fraction of sp³-hybridized carbons (Fsp3) is 0.500. The third kappa shape index (κ3) is 2.84. The zero-order valence-electron chi connectivity index (χ0n) is 10.0. The van der Waals surface area contributed by atoms with Crippen LogP contribution in [0.1, 0.15) is 44.8 Å². The molecule has 1 aliphatic rings. The summed E-state index contributed by atoms with van der Waals surface area (Å²) in [6, 6.07) is 10.3. The van der Waals surface area contributed by atoms with E-state index in [0.29, 0.717) is 5.92 Å². The molecule has 86 valence electrons. The van der Waals surface area contributed by atoms with Crippen molar-refractivity contribution in [1.82, 2.24) is 0 Å². The molecule has 1 heterocycles. The van der Waals surface area contributed by atoms with Crippen molar-refractivity contribution in [1.29, 1.82) is 0 Å². The molecule has 0 saturated carbocycles. The molecule has 0 fully saturated rings. The quantitative estimate of drug-likeness (QED) is 0.751. The van der Waals surface area contributed by atoms with Crippen molar-refractivity contribution in [3.05, 3.63) is 35.9 Å². The van der Waals surface area contributed by atoms with Crippen LogP contribution in [0, 0.1) is 5.92 Å². The largest absolute Gasteiger partial charge is 0.388 e. The fourth-order valence-electron chi connectivity index (χ4n) is 2.04. The molecule has 2 nitrogen and oxygen atoms in total. The van der Waals surface area contributed by atoms with E-state index < -0.39 is 0 Å². The maximum Gasteiger partial charge on any atom is 0.152 e. The van der Waals surface area contributed by atoms with Crippen LogP contribution in [0.15, 0.2) is 35.5 Å². The second kappa shape index (κ2) is 5.15. The molecule has 2 rings (SSSR count). The van der Waals surface area contributed by atoms with Crippen molar-refractivity contribution in [3.8, 4) is 0 Å². The minimum atomic E-state index is 0.150. The van der Waals surface area contributed by atoms with Gasteiger partial charge in [-0.3, -0.25) is 0 Å². The Morgan fingerprint density at radius 1 is 1.31 bits per heavy atom. The van der Waals surface area contributed by atoms with Gasteiger partial charge in [-0.25, -0.2) is 0 Å². The molecule has 0 spiro atoms. The lowest BCUT2D eigenvalue weighted by Gasteiger charge is -2.22. The zero-order chi connectivity index (χ0) is 11.4. The third-order valence-corrected chi connectivity index (χ3v) is 2.82. The second-order valence-corrected chi connectivity index (χ2v) is 4.80. The van der Waals surface area contributed by atoms with Crippen LogP contribution in [-0.2, 0) is 4.84 Å². The Labute approximate surface area is 97.3 Å². The molecule has 0 amide bonds. The number of rotatable bonds is 3. The minimum Gasteiger partial charge on any atom is -0.388 e. The number of hydrogen-bond donors (Lipinski definition) is 0. The summed E-state index contributed by atoms with van der Waals surface area (Å²) in [5.74, 6) is 0.663. The van der Waals surface area contributed by atoms with E-state index in [9.17, 15) is 0 Å². The summed E-state index contributed by atoms with van der Waals surface area (Å²) in [5.41, 5.74) is 2.44. The van der Waals surface area contributed by atoms with Gasteiger partial charge < -0.3 is 4.84 Å². The van der Waals surface area contributed by atoms with Crippen molar-refractivity contribution < 1.29 is 4.84 Å². The van der Waals surface area contributed by atoms with E-state index in [0.717, 1.165) is 19.3 Å². The number of benzene rings is 1. The Balaban J connectivity index is 1.97. The van der Waals surface area contributed by atoms with Gasteiger partial charge in [-0.1, -0.05) is 49.3 Å². The highest BCUT2D eigenvalue weighted by Crippen LogP contribution is 2.27. The molecule has 0 aromatic heterocycles. The summed E-state index contributed by atoms with van der Waals surface area (Å²) in [7, 11) is 0. The molecule has 0 aliphatic carbocycles. The number of nitrogens with zero attached hydrogens (tertiary/aromatic N) is 1. The van der Waals surface area contributed by atoms with Gasteiger partial charge >= 0.3 is 0 Å². The van der Waals surface area contributed by atoms with Gasteiger partial charge in [-0.2, -0.15) is 0 Å². The lowest BCUT2D eigenvalue weighted by molar-refractivity contribution is 0.0416. The van der Waals surface area contributed by atoms with Crippen LogP contribution in [0.25, 0.3) is 0 Å². The molecule has 0 N–H and O–H groups in total. The first-order chi connectivity index (χ1) is 7.75. The van der Waals surface area contributed by atoms with E-state index in [1.807, 2.05) is 18.2 Å². The zero-order valence-corrected chi connectivity index (χ0v) is 10.0. The van der Waals surface area contributed by atoms with Gasteiger partial charge in [0.15, 0.2) is 6.10 Å². The van der Waals surface area contributed by atoms with E-state index >= 15 is 0 Å². The third-order valence-electron chi connectivity index (χ3n) is 2.82. The van der Waals surface area contributed by atoms with Crippen LogP contribution in [0.5, 0.6) is 0 Å². The highest BCUT2D eigenvalue weighted by atomic mass is 16.6. The van der Waals surface area contributed by atoms with E-state index in [4.69, 9.17) is 4.84 Å². The SMILES string of the molecule is CC(C)CC1=NOC(c2ccccc2)CC1. The first-order valence-corrected chi connectivity index (χ1v) is 6.02. The molecular formula is C14H19NO. The molecule has 1 atom stereocenters. The van der Waals surface area contributed by atoms with E-state index in [-0.39, 0.29) is 6.10 Å². The highest BCUT2D eigenvalue weighted by Gasteiger charge is 2.19. The average molecular weight is 217 g/mol. The summed E-state index contributed by atoms with van der Waals surface area (Å²) in [6.07, 6.45) is 3.33. The monoisotopic (exact) mass is 217 g/mol. The van der Waals surface area contributed by atoms with Crippen molar-refractivity contribution in [2.45, 2.75) is 39.2 Å². The van der Waals surface area contributed by atoms with Crippen molar-refractivity contribution in [2.24, 2.45) is 11.1 Å². The standard InChI is InChI=1S/C14H19NO/c1-11(2)10-13-8-9-14(16-15-13)12-6-4-3-5-7-12/h3-7,11,14H,8-10H2,1-2H3. The van der Waals surface area contributed by atoms with E-state index in [1.165, 1.54) is 11.3 Å². The lowest BCUT2D eigenvalue weighted by Crippen LogP contribution is -2.14. The molecule has 0 saturated heterocycles. The van der Waals surface area contributed by atoms with Crippen LogP contribution in [0.2, 0.25) is 0 Å². The maximum atomic E-state index is 5.57. The van der Waals surface area contributed by atoms with Gasteiger partial charge in [-0.15, -0.1) is 0 Å². The first-order valence-electron chi connectivity index (χ1n) is 6.02. The van der Waals surface area contributed by atoms with Crippen LogP contribution in [0.3, 0.4) is 0 Å². The predicted octanol–water partition coefficient (Wildman–Crippen LogP) is 3.94. The molecule has 16 heavy (non-hydrogen) atoms. The summed E-state index contributed by atoms with van der Waals surface area (Å²) in [5, 5.41) is 4.24. The molecular weight excluding hydrogens is 198 g/mol. The Morgan fingerprint density at radius 3 is 2.62 bits per heavy atom.